The van der Waals surface area contributed by atoms with E-state index in [0.717, 1.165) is 12.8 Å². The Kier molecular flexibility index (Phi) is 8.23. The van der Waals surface area contributed by atoms with Gasteiger partial charge in [0, 0.05) is 16.8 Å². The van der Waals surface area contributed by atoms with Crippen LogP contribution in [0, 0.1) is 0 Å². The lowest BCUT2D eigenvalue weighted by Gasteiger charge is -2.29. The maximum atomic E-state index is 2.44. The number of allylic oxidation sites excluding steroid dienone is 8. The van der Waals surface area contributed by atoms with Gasteiger partial charge in [0.05, 0.1) is 5.69 Å². The van der Waals surface area contributed by atoms with Crippen molar-refractivity contribution in [2.24, 2.45) is 0 Å². The minimum atomic E-state index is 0.917. The molecule has 0 aromatic heterocycles. The molecule has 0 heterocycles. The van der Waals surface area contributed by atoms with Crippen molar-refractivity contribution in [3.8, 4) is 0 Å². The lowest BCUT2D eigenvalue weighted by Crippen LogP contribution is -2.16. The molecule has 1 nitrogen and oxygen atoms in total. The molecule has 0 fully saturated rings. The zero-order valence-electron chi connectivity index (χ0n) is 22.3. The summed E-state index contributed by atoms with van der Waals surface area (Å²) < 4.78 is 0. The molecule has 1 heteroatoms. The Hall–Kier alpha value is -3.84. The number of fused-ring (bicyclic) bond motifs is 3. The van der Waals surface area contributed by atoms with Crippen LogP contribution in [0.3, 0.4) is 0 Å². The van der Waals surface area contributed by atoms with E-state index < -0.39 is 0 Å². The fraction of sp³-hybridized carbons (Fsp3) is 0.200. The Balaban J connectivity index is 1.94. The molecule has 0 atom stereocenters. The van der Waals surface area contributed by atoms with E-state index in [1.807, 2.05) is 0 Å². The second-order valence-corrected chi connectivity index (χ2v) is 9.48. The molecular weight excluding hydrogens is 434 g/mol. The van der Waals surface area contributed by atoms with Crippen molar-refractivity contribution in [1.29, 1.82) is 0 Å². The van der Waals surface area contributed by atoms with Gasteiger partial charge in [-0.05, 0) is 85.2 Å². The first-order valence-corrected chi connectivity index (χ1v) is 13.0. The maximum absolute atomic E-state index is 2.44. The van der Waals surface area contributed by atoms with Gasteiger partial charge < -0.3 is 4.90 Å². The van der Waals surface area contributed by atoms with E-state index >= 15 is 0 Å². The summed E-state index contributed by atoms with van der Waals surface area (Å²) in [5.74, 6) is 0. The van der Waals surface area contributed by atoms with Crippen LogP contribution in [0.15, 0.2) is 132 Å². The zero-order valence-corrected chi connectivity index (χ0v) is 22.3. The van der Waals surface area contributed by atoms with Crippen molar-refractivity contribution in [2.45, 2.75) is 47.5 Å². The third-order valence-electron chi connectivity index (χ3n) is 6.68. The van der Waals surface area contributed by atoms with Crippen molar-refractivity contribution >= 4 is 32.9 Å². The number of anilines is 2. The number of para-hydroxylation sites is 1. The highest BCUT2D eigenvalue weighted by molar-refractivity contribution is 6.14. The highest BCUT2D eigenvalue weighted by Gasteiger charge is 2.17. The summed E-state index contributed by atoms with van der Waals surface area (Å²) in [5.41, 5.74) is 7.64. The van der Waals surface area contributed by atoms with Crippen LogP contribution in [0.1, 0.15) is 47.5 Å². The molecule has 4 aromatic rings. The highest BCUT2D eigenvalue weighted by atomic mass is 15.1. The van der Waals surface area contributed by atoms with Crippen molar-refractivity contribution in [3.05, 3.63) is 132 Å². The van der Waals surface area contributed by atoms with Gasteiger partial charge in [-0.1, -0.05) is 104 Å². The van der Waals surface area contributed by atoms with Gasteiger partial charge in [0.2, 0.25) is 0 Å². The molecule has 4 rings (SSSR count). The Morgan fingerprint density at radius 2 is 1.28 bits per heavy atom. The normalized spacial score (nSPS) is 12.8. The van der Waals surface area contributed by atoms with Gasteiger partial charge in [-0.2, -0.15) is 0 Å². The van der Waals surface area contributed by atoms with Gasteiger partial charge in [-0.15, -0.1) is 0 Å². The van der Waals surface area contributed by atoms with Crippen LogP contribution in [0.5, 0.6) is 0 Å². The summed E-state index contributed by atoms with van der Waals surface area (Å²) in [6.07, 6.45) is 11.0. The first-order chi connectivity index (χ1) is 17.5. The van der Waals surface area contributed by atoms with Gasteiger partial charge in [0.25, 0.3) is 0 Å². The number of hydrogen-bond acceptors (Lipinski definition) is 1. The van der Waals surface area contributed by atoms with E-state index in [4.69, 9.17) is 0 Å². The molecular formula is C35H37N. The zero-order chi connectivity index (χ0) is 25.5. The summed E-state index contributed by atoms with van der Waals surface area (Å²) in [7, 11) is 0. The largest absolute Gasteiger partial charge is 0.314 e. The minimum Gasteiger partial charge on any atom is -0.314 e. The van der Waals surface area contributed by atoms with Crippen molar-refractivity contribution in [1.82, 2.24) is 0 Å². The van der Waals surface area contributed by atoms with E-state index in [1.165, 1.54) is 55.3 Å². The van der Waals surface area contributed by atoms with Crippen molar-refractivity contribution in [2.75, 3.05) is 4.90 Å². The van der Waals surface area contributed by atoms with Crippen LogP contribution >= 0.6 is 0 Å². The second kappa shape index (κ2) is 11.7. The van der Waals surface area contributed by atoms with E-state index in [1.54, 1.807) is 0 Å². The number of nitrogens with zero attached hydrogens (tertiary/aromatic N) is 1. The molecule has 0 aliphatic heterocycles. The fourth-order valence-electron chi connectivity index (χ4n) is 4.73. The number of hydrogen-bond donors (Lipinski definition) is 0. The third kappa shape index (κ3) is 5.52. The van der Waals surface area contributed by atoms with Gasteiger partial charge in [-0.25, -0.2) is 0 Å². The fourth-order valence-corrected chi connectivity index (χ4v) is 4.73. The summed E-state index contributed by atoms with van der Waals surface area (Å²) >= 11 is 0. The van der Waals surface area contributed by atoms with Crippen LogP contribution in [0.25, 0.3) is 21.5 Å². The van der Waals surface area contributed by atoms with Crippen LogP contribution in [-0.2, 0) is 0 Å². The summed E-state index contributed by atoms with van der Waals surface area (Å²) in [6, 6.07) is 30.6. The monoisotopic (exact) mass is 471 g/mol. The van der Waals surface area contributed by atoms with Crippen molar-refractivity contribution in [3.63, 3.8) is 0 Å². The predicted octanol–water partition coefficient (Wildman–Crippen LogP) is 10.7. The van der Waals surface area contributed by atoms with E-state index in [9.17, 15) is 0 Å². The summed E-state index contributed by atoms with van der Waals surface area (Å²) in [4.78, 5) is 2.44. The molecule has 36 heavy (non-hydrogen) atoms. The van der Waals surface area contributed by atoms with E-state index in [-0.39, 0.29) is 0 Å². The quantitative estimate of drug-likeness (QED) is 0.182. The maximum Gasteiger partial charge on any atom is 0.0543 e. The van der Waals surface area contributed by atoms with Gasteiger partial charge >= 0.3 is 0 Å². The summed E-state index contributed by atoms with van der Waals surface area (Å²) in [6.45, 7) is 11.0. The standard InChI is InChI=1S/C35H37N/c1-6-28(27(5)22-21-26(3)4)23-24-30(7-2)36(31-16-9-8-10-17-31)35-25-29-15-11-12-18-32(29)33-19-13-14-20-34(33)35/h8-25H,6-7H2,1-5H3/b27-22+,28-23+,30-24+. The molecule has 4 aromatic carbocycles. The molecule has 0 N–H and O–H groups in total. The number of rotatable bonds is 8. The van der Waals surface area contributed by atoms with E-state index in [0.29, 0.717) is 0 Å². The molecule has 0 aliphatic rings. The average Bonchev–Trinajstić information content (AvgIpc) is 2.91. The van der Waals surface area contributed by atoms with Gasteiger partial charge in [0.1, 0.15) is 0 Å². The minimum absolute atomic E-state index is 0.917. The lowest BCUT2D eigenvalue weighted by molar-refractivity contribution is 1.01. The number of benzene rings is 4. The highest BCUT2D eigenvalue weighted by Crippen LogP contribution is 2.40. The Bertz CT molecular complexity index is 1460. The molecule has 0 radical (unpaired) electrons. The van der Waals surface area contributed by atoms with Crippen LogP contribution in [0.2, 0.25) is 0 Å². The molecule has 0 spiro atoms. The molecule has 0 saturated heterocycles. The van der Waals surface area contributed by atoms with Crippen LogP contribution < -0.4 is 4.90 Å². The van der Waals surface area contributed by atoms with Gasteiger partial charge in [-0.3, -0.25) is 0 Å². The Labute approximate surface area is 216 Å². The molecule has 0 unspecified atom stereocenters. The Morgan fingerprint density at radius 3 is 1.94 bits per heavy atom. The molecule has 0 amide bonds. The molecule has 0 aliphatic carbocycles. The first kappa shape index (κ1) is 25.3. The average molecular weight is 472 g/mol. The van der Waals surface area contributed by atoms with Crippen molar-refractivity contribution < 1.29 is 0 Å². The van der Waals surface area contributed by atoms with Crippen LogP contribution in [0.4, 0.5) is 11.4 Å². The molecule has 0 saturated carbocycles. The topological polar surface area (TPSA) is 3.24 Å². The molecule has 0 bridgehead atoms. The van der Waals surface area contributed by atoms with Crippen LogP contribution in [-0.4, -0.2) is 0 Å². The predicted molar refractivity (Wildman–Crippen MR) is 160 cm³/mol. The van der Waals surface area contributed by atoms with Gasteiger partial charge in [0.15, 0.2) is 0 Å². The Morgan fingerprint density at radius 1 is 0.639 bits per heavy atom. The molecule has 182 valence electrons. The SMILES string of the molecule is CCC(=C\C=C(/CC)N(c1ccccc1)c1cc2ccccc2c2ccccc12)/C(C)=C/C=C(C)C. The van der Waals surface area contributed by atoms with E-state index in [2.05, 4.69) is 149 Å². The summed E-state index contributed by atoms with van der Waals surface area (Å²) in [5, 5.41) is 5.10. The first-order valence-electron chi connectivity index (χ1n) is 13.0. The lowest BCUT2D eigenvalue weighted by atomic mass is 9.98. The third-order valence-corrected chi connectivity index (χ3v) is 6.68. The smallest absolute Gasteiger partial charge is 0.0543 e. The second-order valence-electron chi connectivity index (χ2n) is 9.48.